The first-order valence-corrected chi connectivity index (χ1v) is 29.7. The highest BCUT2D eigenvalue weighted by molar-refractivity contribution is 14.1. The molecule has 3 saturated heterocycles. The Labute approximate surface area is 498 Å². The Hall–Kier alpha value is -4.59. The Morgan fingerprint density at radius 1 is 0.688 bits per heavy atom. The van der Waals surface area contributed by atoms with Crippen molar-refractivity contribution in [2.24, 2.45) is 0 Å². The zero-order valence-electron chi connectivity index (χ0n) is 47.3. The van der Waals surface area contributed by atoms with E-state index in [1.807, 2.05) is 106 Å². The second-order valence-corrected chi connectivity index (χ2v) is 25.8. The van der Waals surface area contributed by atoms with Gasteiger partial charge in [-0.2, -0.15) is 10.2 Å². The Kier molecular flexibility index (Phi) is 21.8. The molecule has 0 saturated carbocycles. The van der Waals surface area contributed by atoms with Gasteiger partial charge in [0.2, 0.25) is 0 Å². The molecule has 4 aromatic carbocycles. The van der Waals surface area contributed by atoms with Crippen molar-refractivity contribution >= 4 is 101 Å². The second kappa shape index (κ2) is 27.7. The minimum Gasteiger partial charge on any atom is -0.493 e. The Balaban J connectivity index is 0.000000194. The highest BCUT2D eigenvalue weighted by Gasteiger charge is 2.52. The van der Waals surface area contributed by atoms with Gasteiger partial charge < -0.3 is 47.5 Å². The normalized spacial score (nSPS) is 17.8. The Morgan fingerprint density at radius 2 is 1.20 bits per heavy atom. The number of halogens is 5. The van der Waals surface area contributed by atoms with Crippen LogP contribution in [-0.2, 0) is 28.3 Å². The van der Waals surface area contributed by atoms with Crippen LogP contribution in [-0.4, -0.2) is 137 Å². The molecule has 2 amide bonds. The molecule has 0 radical (unpaired) electrons. The lowest BCUT2D eigenvalue weighted by Gasteiger charge is -2.32. The quantitative estimate of drug-likeness (QED) is 0.0534. The van der Waals surface area contributed by atoms with Crippen molar-refractivity contribution < 1.29 is 56.1 Å². The van der Waals surface area contributed by atoms with Gasteiger partial charge in [0, 0.05) is 82.0 Å². The molecule has 0 spiro atoms. The lowest BCUT2D eigenvalue weighted by Crippen LogP contribution is -2.41. The van der Waals surface area contributed by atoms with Crippen molar-refractivity contribution in [2.75, 3.05) is 52.7 Å². The first-order chi connectivity index (χ1) is 37.8. The van der Waals surface area contributed by atoms with Gasteiger partial charge in [-0.05, 0) is 172 Å². The van der Waals surface area contributed by atoms with Crippen molar-refractivity contribution in [2.45, 2.75) is 142 Å². The number of rotatable bonds is 16. The van der Waals surface area contributed by atoms with E-state index in [0.29, 0.717) is 93.8 Å². The maximum atomic E-state index is 14.8. The molecule has 3 aliphatic heterocycles. The van der Waals surface area contributed by atoms with E-state index in [1.54, 1.807) is 34.1 Å². The predicted octanol–water partition coefficient (Wildman–Crippen LogP) is 13.6. The van der Waals surface area contributed by atoms with E-state index in [4.69, 9.17) is 37.7 Å². The third kappa shape index (κ3) is 17.5. The third-order valence-corrected chi connectivity index (χ3v) is 15.5. The number of nitrogens with zero attached hydrogens (tertiary/aromatic N) is 4. The number of aromatic nitrogens is 4. The van der Waals surface area contributed by atoms with E-state index in [1.165, 1.54) is 17.5 Å². The standard InChI is InChI=1S/C26H31BrFN3O4.C25H39BFNO6.C7H4BrIN2/c1-26(2,3)35-25(32)31-11-4-6-18(31)16-33-12-5-13-34-19-8-10-20(22(28)15-19)24-21-9-7-17(27)14-23(21)29-30-24;1-23(2,3)32-22(29)28-13-8-10-18(28)17-30-14-9-15-31-19-11-12-20(21(27)16-19)26-33-24(4,5)25(6,7)34-26;8-4-1-2-5-6(3-4)10-11-7(5)9/h7-10,14-15,18H,4-6,11-13,16H2,1-3H3,(H,29,30);11-12,16,18H,8-10,13-15,17H2,1-7H3;1-3H,(H,10,11)/t2*18-;/m11./s1. The van der Waals surface area contributed by atoms with E-state index in [9.17, 15) is 18.4 Å². The van der Waals surface area contributed by atoms with Gasteiger partial charge >= 0.3 is 19.3 Å². The van der Waals surface area contributed by atoms with Crippen molar-refractivity contribution in [1.29, 1.82) is 0 Å². The van der Waals surface area contributed by atoms with Crippen LogP contribution in [0, 0.1) is 15.3 Å². The smallest absolute Gasteiger partial charge is 0.493 e. The third-order valence-electron chi connectivity index (χ3n) is 13.7. The largest absolute Gasteiger partial charge is 0.497 e. The fourth-order valence-corrected chi connectivity index (χ4v) is 10.3. The monoisotopic (exact) mass is 1350 g/mol. The zero-order valence-corrected chi connectivity index (χ0v) is 52.7. The maximum absolute atomic E-state index is 14.8. The molecule has 0 aliphatic carbocycles. The number of hydrogen-bond donors (Lipinski definition) is 2. The number of carbonyl (C=O) groups is 2. The molecule has 2 aromatic heterocycles. The first kappa shape index (κ1) is 63.0. The molecule has 9 rings (SSSR count). The van der Waals surface area contributed by atoms with Gasteiger partial charge in [0.05, 0.1) is 60.7 Å². The summed E-state index contributed by atoms with van der Waals surface area (Å²) in [5, 5.41) is 16.3. The highest BCUT2D eigenvalue weighted by atomic mass is 127. The summed E-state index contributed by atoms with van der Waals surface area (Å²) >= 11 is 9.05. The van der Waals surface area contributed by atoms with Gasteiger partial charge in [0.25, 0.3) is 0 Å². The predicted molar refractivity (Wildman–Crippen MR) is 322 cm³/mol. The van der Waals surface area contributed by atoms with Crippen molar-refractivity contribution in [3.8, 4) is 22.8 Å². The molecule has 2 N–H and O–H groups in total. The molecule has 5 heterocycles. The summed E-state index contributed by atoms with van der Waals surface area (Å²) in [6.45, 7) is 23.0. The van der Waals surface area contributed by atoms with E-state index in [0.717, 1.165) is 54.7 Å². The number of aromatic amines is 2. The lowest BCUT2D eigenvalue weighted by atomic mass is 9.78. The fraction of sp³-hybridized carbons (Fsp3) is 0.517. The van der Waals surface area contributed by atoms with Crippen molar-refractivity contribution in [3.63, 3.8) is 0 Å². The number of nitrogens with one attached hydrogen (secondary N) is 2. The number of H-pyrrole nitrogens is 2. The van der Waals surface area contributed by atoms with Crippen LogP contribution in [0.4, 0.5) is 18.4 Å². The van der Waals surface area contributed by atoms with Crippen molar-refractivity contribution in [1.82, 2.24) is 30.2 Å². The summed E-state index contributed by atoms with van der Waals surface area (Å²) in [6.07, 6.45) is 4.45. The highest BCUT2D eigenvalue weighted by Crippen LogP contribution is 2.37. The fourth-order valence-electron chi connectivity index (χ4n) is 8.97. The SMILES string of the molecule is Brc1ccc2c(I)[nH]nc2c1.CC(C)(C)OC(=O)N1CCC[C@@H]1COCCCOc1ccc(-c2n[nH]c3cc(Br)ccc23)c(F)c1.CC(C)(C)OC(=O)N1CCC[C@@H]1COCCCOc1ccc(B2OC(C)(C)C(C)(C)O2)c(F)c1. The van der Waals surface area contributed by atoms with Crippen LogP contribution in [0.15, 0.2) is 81.7 Å². The topological polar surface area (TPSA) is 172 Å². The zero-order chi connectivity index (χ0) is 58.0. The molecular formula is C58H74BBr2F2IN6O10. The van der Waals surface area contributed by atoms with Gasteiger partial charge in [0.15, 0.2) is 0 Å². The second-order valence-electron chi connectivity index (χ2n) is 22.9. The first-order valence-electron chi connectivity index (χ1n) is 27.1. The van der Waals surface area contributed by atoms with E-state index in [2.05, 4.69) is 74.8 Å². The van der Waals surface area contributed by atoms with Gasteiger partial charge in [-0.1, -0.05) is 37.9 Å². The summed E-state index contributed by atoms with van der Waals surface area (Å²) in [6, 6.07) is 21.4. The van der Waals surface area contributed by atoms with Crippen LogP contribution in [0.25, 0.3) is 33.1 Å². The van der Waals surface area contributed by atoms with Crippen LogP contribution in [0.2, 0.25) is 0 Å². The molecular weight excluding hydrogens is 1280 g/mol. The molecule has 6 aromatic rings. The van der Waals surface area contributed by atoms with Crippen LogP contribution < -0.4 is 14.9 Å². The molecule has 434 valence electrons. The van der Waals surface area contributed by atoms with Gasteiger partial charge in [-0.15, -0.1) is 0 Å². The summed E-state index contributed by atoms with van der Waals surface area (Å²) in [5.41, 5.74) is 1.11. The Bertz CT molecular complexity index is 3030. The molecule has 3 aliphatic rings. The summed E-state index contributed by atoms with van der Waals surface area (Å²) in [5.74, 6) is 0.0969. The van der Waals surface area contributed by atoms with Crippen molar-refractivity contribution in [3.05, 3.63) is 97.1 Å². The van der Waals surface area contributed by atoms with Crippen LogP contribution in [0.3, 0.4) is 0 Å². The van der Waals surface area contributed by atoms with E-state index >= 15 is 0 Å². The minimum atomic E-state index is -0.747. The molecule has 2 atom stereocenters. The maximum Gasteiger partial charge on any atom is 0.497 e. The number of likely N-dealkylation sites (tertiary alicyclic amines) is 2. The summed E-state index contributed by atoms with van der Waals surface area (Å²) in [7, 11) is -0.747. The molecule has 0 bridgehead atoms. The Morgan fingerprint density at radius 3 is 1.73 bits per heavy atom. The molecule has 80 heavy (non-hydrogen) atoms. The number of fused-ring (bicyclic) bond motifs is 2. The minimum absolute atomic E-state index is 0.0339. The van der Waals surface area contributed by atoms with Gasteiger partial charge in [-0.3, -0.25) is 10.2 Å². The van der Waals surface area contributed by atoms with E-state index in [-0.39, 0.29) is 24.3 Å². The number of amides is 2. The average molecular weight is 1350 g/mol. The summed E-state index contributed by atoms with van der Waals surface area (Å²) < 4.78 is 78.4. The summed E-state index contributed by atoms with van der Waals surface area (Å²) in [4.78, 5) is 28.2. The number of benzene rings is 4. The molecule has 3 fully saturated rings. The lowest BCUT2D eigenvalue weighted by molar-refractivity contribution is 0.00578. The number of hydrogen-bond acceptors (Lipinski definition) is 12. The number of carbonyl (C=O) groups excluding carboxylic acids is 2. The van der Waals surface area contributed by atoms with Crippen LogP contribution >= 0.6 is 54.5 Å². The van der Waals surface area contributed by atoms with Gasteiger partial charge in [-0.25, -0.2) is 18.4 Å². The average Bonchev–Trinajstić information content (AvgIpc) is 4.35. The van der Waals surface area contributed by atoms with Gasteiger partial charge in [0.1, 0.15) is 43.7 Å². The number of ether oxygens (including phenoxy) is 6. The van der Waals surface area contributed by atoms with Crippen LogP contribution in [0.1, 0.15) is 108 Å². The molecule has 22 heteroatoms. The molecule has 16 nitrogen and oxygen atoms in total. The van der Waals surface area contributed by atoms with E-state index < -0.39 is 41.2 Å². The molecule has 0 unspecified atom stereocenters. The van der Waals surface area contributed by atoms with Crippen LogP contribution in [0.5, 0.6) is 11.5 Å².